The number of nitrogens with one attached hydrogen (secondary N) is 1. The summed E-state index contributed by atoms with van der Waals surface area (Å²) in [6.45, 7) is 3.93. The van der Waals surface area contributed by atoms with Crippen LogP contribution in [0.25, 0.3) is 0 Å². The van der Waals surface area contributed by atoms with Crippen LogP contribution in [-0.2, 0) is 20.9 Å². The Morgan fingerprint density at radius 3 is 2.74 bits per heavy atom. The first-order chi connectivity index (χ1) is 12.9. The van der Waals surface area contributed by atoms with Gasteiger partial charge >= 0.3 is 10.8 Å². The molecule has 1 atom stereocenters. The molecule has 0 aliphatic carbocycles. The lowest BCUT2D eigenvalue weighted by atomic mass is 10.1. The number of rotatable bonds is 6. The summed E-state index contributed by atoms with van der Waals surface area (Å²) in [7, 11) is 0. The Bertz CT molecular complexity index is 903. The van der Waals surface area contributed by atoms with Gasteiger partial charge in [-0.25, -0.2) is 0 Å². The van der Waals surface area contributed by atoms with Crippen molar-refractivity contribution in [1.82, 2.24) is 9.88 Å². The summed E-state index contributed by atoms with van der Waals surface area (Å²) in [4.78, 5) is 35.3. The third-order valence-corrected chi connectivity index (χ3v) is 4.95. The summed E-state index contributed by atoms with van der Waals surface area (Å²) in [5.74, 6) is 0.250. The number of benzene rings is 1. The van der Waals surface area contributed by atoms with Crippen molar-refractivity contribution in [3.05, 3.63) is 44.5 Å². The number of amides is 1. The minimum atomic E-state index is -0.638. The lowest BCUT2D eigenvalue weighted by molar-refractivity contribution is -0.149. The van der Waals surface area contributed by atoms with Gasteiger partial charge in [0.1, 0.15) is 19.8 Å². The van der Waals surface area contributed by atoms with E-state index in [1.807, 2.05) is 19.1 Å². The smallest absolute Gasteiger partial charge is 0.326 e. The summed E-state index contributed by atoms with van der Waals surface area (Å²) < 4.78 is 17.3. The Morgan fingerprint density at radius 2 is 2.04 bits per heavy atom. The van der Waals surface area contributed by atoms with E-state index in [0.29, 0.717) is 30.4 Å². The summed E-state index contributed by atoms with van der Waals surface area (Å²) >= 11 is 1.01. The molecule has 9 heteroatoms. The molecule has 0 saturated carbocycles. The number of fused-ring (bicyclic) bond motifs is 1. The molecule has 1 amide bonds. The van der Waals surface area contributed by atoms with Crippen LogP contribution < -0.4 is 19.7 Å². The van der Waals surface area contributed by atoms with Gasteiger partial charge in [0, 0.05) is 11.1 Å². The van der Waals surface area contributed by atoms with E-state index >= 15 is 0 Å². The fraction of sp³-hybridized carbons (Fsp3) is 0.389. The van der Waals surface area contributed by atoms with Gasteiger partial charge in [-0.3, -0.25) is 19.0 Å². The predicted molar refractivity (Wildman–Crippen MR) is 98.3 cm³/mol. The van der Waals surface area contributed by atoms with Crippen molar-refractivity contribution >= 4 is 23.2 Å². The molecular formula is C18H20N2O6S. The first-order valence-corrected chi connectivity index (χ1v) is 9.31. The van der Waals surface area contributed by atoms with Crippen molar-refractivity contribution in [2.45, 2.75) is 26.4 Å². The monoisotopic (exact) mass is 392 g/mol. The molecule has 0 saturated heterocycles. The van der Waals surface area contributed by atoms with Crippen LogP contribution in [0.2, 0.25) is 0 Å². The van der Waals surface area contributed by atoms with Crippen LogP contribution >= 0.6 is 11.3 Å². The zero-order valence-corrected chi connectivity index (χ0v) is 15.8. The van der Waals surface area contributed by atoms with E-state index in [2.05, 4.69) is 5.32 Å². The Morgan fingerprint density at radius 1 is 1.30 bits per heavy atom. The molecule has 0 unspecified atom stereocenters. The maximum Gasteiger partial charge on any atom is 0.326 e. The molecule has 27 heavy (non-hydrogen) atoms. The van der Waals surface area contributed by atoms with Gasteiger partial charge in [0.25, 0.3) is 5.91 Å². The van der Waals surface area contributed by atoms with Crippen LogP contribution in [0.4, 0.5) is 0 Å². The number of aryl methyl sites for hydroxylation is 1. The van der Waals surface area contributed by atoms with Crippen LogP contribution in [0.15, 0.2) is 28.4 Å². The zero-order valence-electron chi connectivity index (χ0n) is 15.0. The fourth-order valence-corrected chi connectivity index (χ4v) is 3.35. The fourth-order valence-electron chi connectivity index (χ4n) is 2.61. The van der Waals surface area contributed by atoms with Crippen LogP contribution in [0.5, 0.6) is 11.5 Å². The molecule has 144 valence electrons. The Hall–Kier alpha value is -2.81. The number of aromatic nitrogens is 1. The van der Waals surface area contributed by atoms with Crippen LogP contribution in [0, 0.1) is 6.92 Å². The average molecular weight is 392 g/mol. The topological polar surface area (TPSA) is 95.9 Å². The number of thiazole rings is 1. The number of nitrogens with zero attached hydrogens (tertiary/aromatic N) is 1. The van der Waals surface area contributed by atoms with Gasteiger partial charge in [-0.2, -0.15) is 0 Å². The van der Waals surface area contributed by atoms with Crippen LogP contribution in [-0.4, -0.2) is 36.3 Å². The first-order valence-electron chi connectivity index (χ1n) is 8.43. The second kappa shape index (κ2) is 8.26. The Balaban J connectivity index is 1.50. The van der Waals surface area contributed by atoms with Crippen LogP contribution in [0.1, 0.15) is 24.2 Å². The molecule has 0 bridgehead atoms. The molecule has 1 aromatic heterocycles. The van der Waals surface area contributed by atoms with E-state index in [4.69, 9.17) is 14.2 Å². The molecule has 1 aliphatic rings. The highest BCUT2D eigenvalue weighted by molar-refractivity contribution is 7.07. The minimum absolute atomic E-state index is 0.209. The molecule has 1 aliphatic heterocycles. The average Bonchev–Trinajstić information content (AvgIpc) is 2.98. The molecule has 0 radical (unpaired) electrons. The van der Waals surface area contributed by atoms with Crippen LogP contribution in [0.3, 0.4) is 0 Å². The van der Waals surface area contributed by atoms with Gasteiger partial charge < -0.3 is 19.5 Å². The lowest BCUT2D eigenvalue weighted by Gasteiger charge is -2.21. The molecule has 3 rings (SSSR count). The largest absolute Gasteiger partial charge is 0.486 e. The summed E-state index contributed by atoms with van der Waals surface area (Å²) in [5, 5.41) is 4.42. The van der Waals surface area contributed by atoms with E-state index in [0.717, 1.165) is 16.9 Å². The van der Waals surface area contributed by atoms with Gasteiger partial charge in [-0.15, -0.1) is 0 Å². The number of hydrogen-bond donors (Lipinski definition) is 1. The molecule has 0 fully saturated rings. The Kier molecular flexibility index (Phi) is 5.80. The quantitative estimate of drug-likeness (QED) is 0.747. The van der Waals surface area contributed by atoms with E-state index in [1.165, 1.54) is 4.57 Å². The van der Waals surface area contributed by atoms with Crippen molar-refractivity contribution in [3.8, 4) is 11.5 Å². The molecule has 1 N–H and O–H groups in total. The van der Waals surface area contributed by atoms with Gasteiger partial charge in [0.05, 0.1) is 6.04 Å². The van der Waals surface area contributed by atoms with Gasteiger partial charge in [0.15, 0.2) is 18.1 Å². The second-order valence-electron chi connectivity index (χ2n) is 6.08. The van der Waals surface area contributed by atoms with Crippen molar-refractivity contribution in [2.75, 3.05) is 19.8 Å². The van der Waals surface area contributed by atoms with Crippen molar-refractivity contribution in [2.24, 2.45) is 0 Å². The van der Waals surface area contributed by atoms with Crippen molar-refractivity contribution < 1.29 is 23.8 Å². The van der Waals surface area contributed by atoms with E-state index in [-0.39, 0.29) is 17.5 Å². The van der Waals surface area contributed by atoms with Crippen molar-refractivity contribution in [3.63, 3.8) is 0 Å². The molecule has 1 aromatic carbocycles. The predicted octanol–water partition coefficient (Wildman–Crippen LogP) is 1.41. The highest BCUT2D eigenvalue weighted by atomic mass is 32.1. The molecule has 0 spiro atoms. The third kappa shape index (κ3) is 4.68. The summed E-state index contributed by atoms with van der Waals surface area (Å²) in [6.07, 6.45) is 0. The van der Waals surface area contributed by atoms with Crippen molar-refractivity contribution in [1.29, 1.82) is 0 Å². The molecule has 2 heterocycles. The van der Waals surface area contributed by atoms with Gasteiger partial charge in [-0.1, -0.05) is 17.4 Å². The highest BCUT2D eigenvalue weighted by Gasteiger charge is 2.17. The molecular weight excluding hydrogens is 372 g/mol. The number of esters is 1. The normalized spacial score (nSPS) is 13.7. The number of ether oxygens (including phenoxy) is 3. The number of carbonyl (C=O) groups excluding carboxylic acids is 2. The van der Waals surface area contributed by atoms with E-state index in [9.17, 15) is 14.4 Å². The third-order valence-electron chi connectivity index (χ3n) is 4.07. The zero-order chi connectivity index (χ0) is 19.4. The number of carbonyl (C=O) groups is 2. The van der Waals surface area contributed by atoms with Gasteiger partial charge in [-0.05, 0) is 31.5 Å². The highest BCUT2D eigenvalue weighted by Crippen LogP contribution is 2.32. The van der Waals surface area contributed by atoms with E-state index < -0.39 is 18.5 Å². The first kappa shape index (κ1) is 19.0. The van der Waals surface area contributed by atoms with E-state index in [1.54, 1.807) is 18.4 Å². The standard InChI is InChI=1S/C18H20N2O6S/c1-11-10-27-18(23)20(11)8-17(22)26-9-16(21)19-12(2)13-3-4-14-15(7-13)25-6-5-24-14/h3-4,7,10,12H,5-6,8-9H2,1-2H3,(H,19,21)/t12-/m1/s1. The SMILES string of the molecule is Cc1csc(=O)n1CC(=O)OCC(=O)N[C@H](C)c1ccc2c(c1)OCCO2. The molecule has 8 nitrogen and oxygen atoms in total. The second-order valence-corrected chi connectivity index (χ2v) is 6.90. The summed E-state index contributed by atoms with van der Waals surface area (Å²) in [6, 6.07) is 5.16. The maximum atomic E-state index is 12.0. The molecule has 2 aromatic rings. The number of hydrogen-bond acceptors (Lipinski definition) is 7. The lowest BCUT2D eigenvalue weighted by Crippen LogP contribution is -2.32. The van der Waals surface area contributed by atoms with Gasteiger partial charge in [0.2, 0.25) is 0 Å². The minimum Gasteiger partial charge on any atom is -0.486 e. The summed E-state index contributed by atoms with van der Waals surface area (Å²) in [5.41, 5.74) is 1.53. The Labute approximate surface area is 159 Å². The maximum absolute atomic E-state index is 12.0.